The van der Waals surface area contributed by atoms with E-state index in [0.29, 0.717) is 6.54 Å². The molecule has 1 atom stereocenters. The Hall–Kier alpha value is -2.04. The number of carbonyl (C=O) groups is 1. The van der Waals surface area contributed by atoms with Gasteiger partial charge in [-0.3, -0.25) is 10.0 Å². The zero-order valence-corrected chi connectivity index (χ0v) is 15.8. The van der Waals surface area contributed by atoms with E-state index in [1.54, 1.807) is 24.3 Å². The molecule has 1 amide bonds. The fourth-order valence-corrected chi connectivity index (χ4v) is 4.46. The summed E-state index contributed by atoms with van der Waals surface area (Å²) in [5, 5.41) is 11.8. The number of sulfonamides is 1. The Morgan fingerprint density at radius 2 is 1.67 bits per heavy atom. The van der Waals surface area contributed by atoms with Crippen molar-refractivity contribution in [2.24, 2.45) is 0 Å². The molecule has 27 heavy (non-hydrogen) atoms. The van der Waals surface area contributed by atoms with E-state index < -0.39 is 22.0 Å². The van der Waals surface area contributed by atoms with E-state index in [1.807, 2.05) is 0 Å². The number of hydroxylamine groups is 1. The predicted octanol–water partition coefficient (Wildman–Crippen LogP) is 1.38. The first-order chi connectivity index (χ1) is 12.4. The Morgan fingerprint density at radius 1 is 1.11 bits per heavy atom. The summed E-state index contributed by atoms with van der Waals surface area (Å²) in [4.78, 5) is 11.8. The largest absolute Gasteiger partial charge is 0.313 e. The molecule has 0 radical (unpaired) electrons. The van der Waals surface area contributed by atoms with Crippen LogP contribution >= 0.6 is 12.4 Å². The lowest BCUT2D eigenvalue weighted by Gasteiger charge is -2.33. The van der Waals surface area contributed by atoms with Crippen molar-refractivity contribution in [1.82, 2.24) is 15.1 Å². The molecule has 0 aromatic heterocycles. The van der Waals surface area contributed by atoms with Crippen LogP contribution in [0.4, 0.5) is 4.39 Å². The highest BCUT2D eigenvalue weighted by atomic mass is 35.5. The van der Waals surface area contributed by atoms with Gasteiger partial charge in [-0.25, -0.2) is 18.3 Å². The molecule has 1 aliphatic rings. The Balaban J connectivity index is 0.00000261. The van der Waals surface area contributed by atoms with Crippen LogP contribution in [-0.2, 0) is 14.8 Å². The molecule has 2 aromatic carbocycles. The van der Waals surface area contributed by atoms with Crippen molar-refractivity contribution in [2.75, 3.05) is 19.6 Å². The summed E-state index contributed by atoms with van der Waals surface area (Å²) in [5.41, 5.74) is 3.01. The lowest BCUT2D eigenvalue weighted by atomic mass is 10.1. The molecule has 0 unspecified atom stereocenters. The van der Waals surface area contributed by atoms with Gasteiger partial charge < -0.3 is 5.32 Å². The second-order valence-corrected chi connectivity index (χ2v) is 7.73. The quantitative estimate of drug-likeness (QED) is 0.517. The summed E-state index contributed by atoms with van der Waals surface area (Å²) >= 11 is 0. The number of hydrogen-bond acceptors (Lipinski definition) is 5. The van der Waals surface area contributed by atoms with Crippen LogP contribution in [-0.4, -0.2) is 49.5 Å². The van der Waals surface area contributed by atoms with Crippen LogP contribution in [0.3, 0.4) is 0 Å². The molecular formula is C17H19ClFN3O4S. The highest BCUT2D eigenvalue weighted by Gasteiger charge is 2.37. The smallest absolute Gasteiger partial charge is 0.263 e. The predicted molar refractivity (Wildman–Crippen MR) is 99.6 cm³/mol. The monoisotopic (exact) mass is 415 g/mol. The molecule has 1 aliphatic heterocycles. The first-order valence-electron chi connectivity index (χ1n) is 7.96. The molecule has 0 bridgehead atoms. The first-order valence-corrected chi connectivity index (χ1v) is 9.40. The van der Waals surface area contributed by atoms with Crippen molar-refractivity contribution in [3.05, 3.63) is 54.3 Å². The average molecular weight is 416 g/mol. The molecule has 7 nitrogen and oxygen atoms in total. The van der Waals surface area contributed by atoms with Gasteiger partial charge in [-0.1, -0.05) is 24.3 Å². The van der Waals surface area contributed by atoms with E-state index >= 15 is 0 Å². The van der Waals surface area contributed by atoms with Crippen molar-refractivity contribution in [3.8, 4) is 11.1 Å². The number of nitrogens with zero attached hydrogens (tertiary/aromatic N) is 1. The van der Waals surface area contributed by atoms with Crippen LogP contribution < -0.4 is 10.8 Å². The van der Waals surface area contributed by atoms with Crippen LogP contribution in [0.15, 0.2) is 53.4 Å². The van der Waals surface area contributed by atoms with Gasteiger partial charge in [0.2, 0.25) is 10.0 Å². The van der Waals surface area contributed by atoms with E-state index in [4.69, 9.17) is 5.21 Å². The highest BCUT2D eigenvalue weighted by Crippen LogP contribution is 2.24. The SMILES string of the molecule is Cl.O=C(NO)[C@H]1CNCCN1S(=O)(=O)c1ccc(-c2ccc(F)cc2)cc1. The van der Waals surface area contributed by atoms with Gasteiger partial charge in [0, 0.05) is 19.6 Å². The van der Waals surface area contributed by atoms with E-state index in [9.17, 15) is 17.6 Å². The molecule has 0 spiro atoms. The van der Waals surface area contributed by atoms with Gasteiger partial charge in [0.15, 0.2) is 0 Å². The Kier molecular flexibility index (Phi) is 6.90. The van der Waals surface area contributed by atoms with Crippen LogP contribution in [0.1, 0.15) is 0 Å². The minimum absolute atomic E-state index is 0. The number of hydrogen-bond donors (Lipinski definition) is 3. The van der Waals surface area contributed by atoms with Gasteiger partial charge in [0.25, 0.3) is 5.91 Å². The van der Waals surface area contributed by atoms with E-state index in [1.165, 1.54) is 29.7 Å². The molecule has 3 N–H and O–H groups in total. The van der Waals surface area contributed by atoms with Gasteiger partial charge in [-0.15, -0.1) is 12.4 Å². The minimum Gasteiger partial charge on any atom is -0.313 e. The van der Waals surface area contributed by atoms with Crippen LogP contribution in [0.25, 0.3) is 11.1 Å². The van der Waals surface area contributed by atoms with Gasteiger partial charge in [-0.05, 0) is 35.4 Å². The molecule has 0 saturated carbocycles. The first kappa shape index (κ1) is 21.3. The third-order valence-corrected chi connectivity index (χ3v) is 6.17. The van der Waals surface area contributed by atoms with Crippen LogP contribution in [0.5, 0.6) is 0 Å². The molecular weight excluding hydrogens is 397 g/mol. The number of carbonyl (C=O) groups excluding carboxylic acids is 1. The van der Waals surface area contributed by atoms with Gasteiger partial charge in [0.05, 0.1) is 4.90 Å². The van der Waals surface area contributed by atoms with Gasteiger partial charge in [0.1, 0.15) is 11.9 Å². The van der Waals surface area contributed by atoms with Gasteiger partial charge >= 0.3 is 0 Å². The number of amides is 1. The number of benzene rings is 2. The Bertz CT molecular complexity index is 891. The summed E-state index contributed by atoms with van der Waals surface area (Å²) in [6.07, 6.45) is 0. The molecule has 3 rings (SSSR count). The van der Waals surface area contributed by atoms with Crippen molar-refractivity contribution in [3.63, 3.8) is 0 Å². The maximum absolute atomic E-state index is 13.0. The normalized spacial score (nSPS) is 17.8. The average Bonchev–Trinajstić information content (AvgIpc) is 2.68. The Labute approximate surface area is 162 Å². The molecule has 0 aliphatic carbocycles. The van der Waals surface area contributed by atoms with E-state index in [0.717, 1.165) is 15.4 Å². The Morgan fingerprint density at radius 3 is 2.22 bits per heavy atom. The van der Waals surface area contributed by atoms with Crippen molar-refractivity contribution in [1.29, 1.82) is 0 Å². The molecule has 1 heterocycles. The number of halogens is 2. The maximum Gasteiger partial charge on any atom is 0.263 e. The second kappa shape index (κ2) is 8.77. The molecule has 2 aromatic rings. The van der Waals surface area contributed by atoms with Crippen molar-refractivity contribution >= 4 is 28.3 Å². The number of nitrogens with one attached hydrogen (secondary N) is 2. The van der Waals surface area contributed by atoms with Crippen molar-refractivity contribution in [2.45, 2.75) is 10.9 Å². The molecule has 1 fully saturated rings. The second-order valence-electron chi connectivity index (χ2n) is 5.84. The van der Waals surface area contributed by atoms with Crippen LogP contribution in [0, 0.1) is 5.82 Å². The molecule has 1 saturated heterocycles. The molecule has 146 valence electrons. The summed E-state index contributed by atoms with van der Waals surface area (Å²) in [7, 11) is -3.91. The molecule has 10 heteroatoms. The third-order valence-electron chi connectivity index (χ3n) is 4.25. The number of piperazine rings is 1. The summed E-state index contributed by atoms with van der Waals surface area (Å²) in [5.74, 6) is -1.14. The lowest BCUT2D eigenvalue weighted by molar-refractivity contribution is -0.133. The zero-order valence-electron chi connectivity index (χ0n) is 14.1. The number of rotatable bonds is 4. The van der Waals surface area contributed by atoms with Gasteiger partial charge in [-0.2, -0.15) is 4.31 Å². The third kappa shape index (κ3) is 4.45. The zero-order chi connectivity index (χ0) is 18.7. The standard InChI is InChI=1S/C17H18FN3O4S.ClH/c18-14-5-1-12(2-6-14)13-3-7-15(8-4-13)26(24,25)21-10-9-19-11-16(21)17(22)20-23;/h1-8,16,19,23H,9-11H2,(H,20,22);1H/t16-;/m1./s1. The minimum atomic E-state index is -3.91. The topological polar surface area (TPSA) is 98.7 Å². The fraction of sp³-hybridized carbons (Fsp3) is 0.235. The maximum atomic E-state index is 13.0. The van der Waals surface area contributed by atoms with Crippen molar-refractivity contribution < 1.29 is 22.8 Å². The highest BCUT2D eigenvalue weighted by molar-refractivity contribution is 7.89. The summed E-state index contributed by atoms with van der Waals surface area (Å²) < 4.78 is 39.9. The van der Waals surface area contributed by atoms with Crippen LogP contribution in [0.2, 0.25) is 0 Å². The fourth-order valence-electron chi connectivity index (χ4n) is 2.87. The van der Waals surface area contributed by atoms with E-state index in [-0.39, 0.29) is 36.2 Å². The summed E-state index contributed by atoms with van der Waals surface area (Å²) in [6.45, 7) is 0.627. The van der Waals surface area contributed by atoms with E-state index in [2.05, 4.69) is 5.32 Å². The summed E-state index contributed by atoms with van der Waals surface area (Å²) in [6, 6.07) is 11.0. The lowest BCUT2D eigenvalue weighted by Crippen LogP contribution is -2.59.